The topological polar surface area (TPSA) is 73.3 Å². The van der Waals surface area contributed by atoms with Crippen LogP contribution in [0.5, 0.6) is 0 Å². The molecule has 6 aliphatic rings. The second-order valence-electron chi connectivity index (χ2n) is 17.9. The number of hydrogen-bond acceptors (Lipinski definition) is 6. The Bertz CT molecular complexity index is 1180. The average Bonchev–Trinajstić information content (AvgIpc) is 3.73. The highest BCUT2D eigenvalue weighted by atomic mass is 16.5. The van der Waals surface area contributed by atoms with Crippen LogP contribution < -0.4 is 0 Å². The smallest absolute Gasteiger partial charge is 0.315 e. The van der Waals surface area contributed by atoms with Gasteiger partial charge in [-0.3, -0.25) is 9.69 Å². The molecule has 3 saturated carbocycles. The van der Waals surface area contributed by atoms with Crippen molar-refractivity contribution in [1.29, 1.82) is 0 Å². The number of carboxylic acids is 1. The second-order valence-corrected chi connectivity index (χ2v) is 17.9. The Morgan fingerprint density at radius 1 is 1.02 bits per heavy atom. The predicted octanol–water partition coefficient (Wildman–Crippen LogP) is 7.39. The number of unbranched alkanes of at least 4 members (excludes halogenated alkanes) is 1. The van der Waals surface area contributed by atoms with Crippen LogP contribution >= 0.6 is 0 Å². The van der Waals surface area contributed by atoms with E-state index < -0.39 is 22.2 Å². The highest BCUT2D eigenvalue weighted by Crippen LogP contribution is 2.84. The molecule has 0 aromatic heterocycles. The maximum absolute atomic E-state index is 14.1. The Labute approximate surface area is 298 Å². The lowest BCUT2D eigenvalue weighted by Crippen LogP contribution is -2.65. The highest BCUT2D eigenvalue weighted by molar-refractivity contribution is 5.90. The van der Waals surface area contributed by atoms with Crippen LogP contribution in [0.25, 0.3) is 0 Å². The van der Waals surface area contributed by atoms with Crippen LogP contribution in [0.1, 0.15) is 119 Å². The lowest BCUT2D eigenvalue weighted by Gasteiger charge is -2.60. The van der Waals surface area contributed by atoms with Crippen molar-refractivity contribution in [3.8, 4) is 0 Å². The number of ether oxygens (including phenoxy) is 1. The molecule has 2 heterocycles. The SMILES string of the molecule is CCCCC1CC(C23C[C@@H]4[C@H](C)CC[C@H]4C4(C=O)CC2C=C(C(C)C)C34C(=O)O)OC1CN1CCCN(CCCN(CCC)CCC)CC1. The maximum atomic E-state index is 14.1. The fourth-order valence-electron chi connectivity index (χ4n) is 13.1. The van der Waals surface area contributed by atoms with E-state index in [0.29, 0.717) is 24.2 Å². The van der Waals surface area contributed by atoms with Gasteiger partial charge in [0, 0.05) is 25.0 Å². The second kappa shape index (κ2) is 15.4. The van der Waals surface area contributed by atoms with E-state index in [1.54, 1.807) is 0 Å². The van der Waals surface area contributed by atoms with Gasteiger partial charge in [0.2, 0.25) is 0 Å². The monoisotopic (exact) mass is 682 g/mol. The molecule has 0 aromatic rings. The summed E-state index contributed by atoms with van der Waals surface area (Å²) in [4.78, 5) is 35.7. The van der Waals surface area contributed by atoms with Crippen molar-refractivity contribution < 1.29 is 19.4 Å². The van der Waals surface area contributed by atoms with Crippen molar-refractivity contribution >= 4 is 12.3 Å². The molecular weight excluding hydrogens is 610 g/mol. The van der Waals surface area contributed by atoms with Gasteiger partial charge in [0.1, 0.15) is 11.7 Å². The van der Waals surface area contributed by atoms with E-state index in [1.807, 2.05) is 0 Å². The number of carbonyl (C=O) groups is 2. The first-order valence-corrected chi connectivity index (χ1v) is 20.9. The van der Waals surface area contributed by atoms with Gasteiger partial charge < -0.3 is 24.4 Å². The molecule has 7 heteroatoms. The van der Waals surface area contributed by atoms with Gasteiger partial charge in [-0.1, -0.05) is 72.5 Å². The van der Waals surface area contributed by atoms with Crippen LogP contribution in [-0.4, -0.2) is 103 Å². The summed E-state index contributed by atoms with van der Waals surface area (Å²) in [5.41, 5.74) is -1.45. The zero-order valence-electron chi connectivity index (χ0n) is 32.1. The summed E-state index contributed by atoms with van der Waals surface area (Å²) in [5.74, 6) is 1.03. The van der Waals surface area contributed by atoms with E-state index in [4.69, 9.17) is 4.74 Å². The zero-order valence-corrected chi connectivity index (χ0v) is 32.1. The molecule has 49 heavy (non-hydrogen) atoms. The molecule has 0 amide bonds. The van der Waals surface area contributed by atoms with Crippen molar-refractivity contribution in [2.75, 3.05) is 58.9 Å². The van der Waals surface area contributed by atoms with Crippen LogP contribution in [-0.2, 0) is 14.3 Å². The van der Waals surface area contributed by atoms with E-state index >= 15 is 0 Å². The highest BCUT2D eigenvalue weighted by Gasteiger charge is 2.86. The standard InChI is InChI=1S/C42H71N3O4/c1-7-10-13-32-24-38(49-37(32)28-45-21-12-20-44(22-23-45)19-11-18-43(16-8-2)17-9-3)41-27-34-31(6)14-15-35(34)40(29-46)26-33(41)25-36(30(4)5)42(40,41)39(47)48/h25,29-35,37-38H,7-24,26-28H2,1-6H3,(H,47,48)/t31-,32?,33?,34-,35-,37?,38?,40?,41?,42?/m1/s1. The van der Waals surface area contributed by atoms with Gasteiger partial charge in [-0.25, -0.2) is 0 Å². The number of nitrogens with zero attached hydrogens (tertiary/aromatic N) is 3. The Morgan fingerprint density at radius 2 is 1.76 bits per heavy atom. The maximum Gasteiger partial charge on any atom is 0.315 e. The Kier molecular flexibility index (Phi) is 11.8. The Hall–Kier alpha value is -1.28. The van der Waals surface area contributed by atoms with Crippen molar-refractivity contribution in [2.45, 2.75) is 131 Å². The first-order chi connectivity index (χ1) is 23.6. The van der Waals surface area contributed by atoms with Crippen LogP contribution in [0.4, 0.5) is 0 Å². The van der Waals surface area contributed by atoms with Crippen molar-refractivity contribution in [2.24, 2.45) is 51.8 Å². The lowest BCUT2D eigenvalue weighted by molar-refractivity contribution is -0.197. The minimum absolute atomic E-state index is 0.102. The molecule has 1 N–H and O–H groups in total. The molecule has 7 unspecified atom stereocenters. The number of aliphatic carboxylic acids is 1. The molecule has 2 aliphatic heterocycles. The summed E-state index contributed by atoms with van der Waals surface area (Å²) >= 11 is 0. The summed E-state index contributed by atoms with van der Waals surface area (Å²) in [7, 11) is 0. The van der Waals surface area contributed by atoms with Gasteiger partial charge in [-0.2, -0.15) is 0 Å². The minimum Gasteiger partial charge on any atom is -0.481 e. The van der Waals surface area contributed by atoms with Crippen molar-refractivity contribution in [1.82, 2.24) is 14.7 Å². The molecule has 10 atom stereocenters. The van der Waals surface area contributed by atoms with Gasteiger partial charge in [0.05, 0.1) is 17.6 Å². The van der Waals surface area contributed by atoms with E-state index in [9.17, 15) is 14.7 Å². The summed E-state index contributed by atoms with van der Waals surface area (Å²) in [5, 5.41) is 11.6. The number of carbonyl (C=O) groups excluding carboxylic acids is 1. The summed E-state index contributed by atoms with van der Waals surface area (Å²) in [6.07, 6.45) is 16.6. The third-order valence-electron chi connectivity index (χ3n) is 15.0. The third kappa shape index (κ3) is 6.10. The molecule has 4 aliphatic carbocycles. The van der Waals surface area contributed by atoms with E-state index in [0.717, 1.165) is 63.9 Å². The molecular formula is C42H71N3O4. The molecule has 0 radical (unpaired) electrons. The Morgan fingerprint density at radius 3 is 2.43 bits per heavy atom. The van der Waals surface area contributed by atoms with Crippen LogP contribution in [0.3, 0.4) is 0 Å². The fraction of sp³-hybridized carbons (Fsp3) is 0.905. The van der Waals surface area contributed by atoms with Crippen molar-refractivity contribution in [3.63, 3.8) is 0 Å². The predicted molar refractivity (Wildman–Crippen MR) is 197 cm³/mol. The molecule has 7 nitrogen and oxygen atoms in total. The summed E-state index contributed by atoms with van der Waals surface area (Å²) in [6.45, 7) is 23.8. The molecule has 6 rings (SSSR count). The normalized spacial score (nSPS) is 40.7. The van der Waals surface area contributed by atoms with Gasteiger partial charge in [0.15, 0.2) is 0 Å². The average molecular weight is 682 g/mol. The molecule has 0 spiro atoms. The molecule has 278 valence electrons. The lowest BCUT2D eigenvalue weighted by atomic mass is 9.41. The van der Waals surface area contributed by atoms with Crippen molar-refractivity contribution in [3.05, 3.63) is 11.6 Å². The van der Waals surface area contributed by atoms with Gasteiger partial charge >= 0.3 is 5.97 Å². The molecule has 5 fully saturated rings. The third-order valence-corrected chi connectivity index (χ3v) is 15.0. The Balaban J connectivity index is 1.21. The number of fused-ring (bicyclic) bond motifs is 2. The number of carboxylic acid groups (broad SMARTS) is 1. The molecule has 0 aromatic carbocycles. The minimum atomic E-state index is -1.15. The van der Waals surface area contributed by atoms with E-state index in [2.05, 4.69) is 62.3 Å². The van der Waals surface area contributed by atoms with Crippen LogP contribution in [0.2, 0.25) is 0 Å². The summed E-state index contributed by atoms with van der Waals surface area (Å²) in [6, 6.07) is 0. The number of aldehydes is 1. The van der Waals surface area contributed by atoms with Gasteiger partial charge in [-0.05, 0) is 133 Å². The number of allylic oxidation sites excluding steroid dienone is 1. The quantitative estimate of drug-likeness (QED) is 0.127. The first kappa shape index (κ1) is 37.5. The van der Waals surface area contributed by atoms with E-state index in [1.165, 1.54) is 77.5 Å². The first-order valence-electron chi connectivity index (χ1n) is 20.9. The van der Waals surface area contributed by atoms with E-state index in [-0.39, 0.29) is 30.0 Å². The van der Waals surface area contributed by atoms with Gasteiger partial charge in [-0.15, -0.1) is 0 Å². The van der Waals surface area contributed by atoms with Gasteiger partial charge in [0.25, 0.3) is 0 Å². The number of rotatable bonds is 17. The molecule has 2 saturated heterocycles. The zero-order chi connectivity index (χ0) is 35.0. The fourth-order valence-corrected chi connectivity index (χ4v) is 13.1. The molecule has 4 bridgehead atoms. The number of hydrogen-bond donors (Lipinski definition) is 1. The largest absolute Gasteiger partial charge is 0.481 e. The summed E-state index contributed by atoms with van der Waals surface area (Å²) < 4.78 is 7.42. The van der Waals surface area contributed by atoms with Crippen LogP contribution in [0, 0.1) is 51.8 Å². The van der Waals surface area contributed by atoms with Crippen LogP contribution in [0.15, 0.2) is 11.6 Å².